The van der Waals surface area contributed by atoms with Crippen molar-refractivity contribution in [1.29, 1.82) is 0 Å². The summed E-state index contributed by atoms with van der Waals surface area (Å²) in [6.07, 6.45) is 8.14. The Bertz CT molecular complexity index is 124. The van der Waals surface area contributed by atoms with E-state index in [1.54, 1.807) is 0 Å². The van der Waals surface area contributed by atoms with E-state index in [1.807, 2.05) is 7.11 Å². The highest BCUT2D eigenvalue weighted by molar-refractivity contribution is 4.64. The summed E-state index contributed by atoms with van der Waals surface area (Å²) in [6.45, 7) is 9.16. The van der Waals surface area contributed by atoms with E-state index >= 15 is 0 Å². The molecule has 1 atom stereocenters. The Morgan fingerprint density at radius 2 is 1.64 bits per heavy atom. The number of hydrogen-bond donors (Lipinski definition) is 0. The summed E-state index contributed by atoms with van der Waals surface area (Å²) >= 11 is 0. The summed E-state index contributed by atoms with van der Waals surface area (Å²) < 4.78 is 5.47. The molecule has 0 N–H and O–H groups in total. The summed E-state index contributed by atoms with van der Waals surface area (Å²) in [5, 5.41) is 0. The number of ether oxygens (including phenoxy) is 1. The standard InChI is InChI=1S/C13H28O/c1-6-7-9-12(14-5)10-8-11-13(2,3)4/h12H,6-11H2,1-5H3/t12-/m0/s1. The first-order chi connectivity index (χ1) is 6.49. The minimum Gasteiger partial charge on any atom is -0.381 e. The van der Waals surface area contributed by atoms with Crippen molar-refractivity contribution in [1.82, 2.24) is 0 Å². The Labute approximate surface area is 90.2 Å². The fourth-order valence-corrected chi connectivity index (χ4v) is 1.67. The Balaban J connectivity index is 3.52. The van der Waals surface area contributed by atoms with Crippen molar-refractivity contribution < 1.29 is 4.74 Å². The van der Waals surface area contributed by atoms with E-state index in [-0.39, 0.29) is 0 Å². The third kappa shape index (κ3) is 8.55. The minimum absolute atomic E-state index is 0.475. The smallest absolute Gasteiger partial charge is 0.0571 e. The molecule has 0 aliphatic rings. The van der Waals surface area contributed by atoms with Gasteiger partial charge in [-0.05, 0) is 24.7 Å². The maximum absolute atomic E-state index is 5.47. The zero-order valence-electron chi connectivity index (χ0n) is 10.7. The molecule has 0 radical (unpaired) electrons. The number of unbranched alkanes of at least 4 members (excludes halogenated alkanes) is 1. The molecule has 0 rings (SSSR count). The second-order valence-electron chi connectivity index (χ2n) is 5.45. The minimum atomic E-state index is 0.475. The lowest BCUT2D eigenvalue weighted by Crippen LogP contribution is -2.12. The second kappa shape index (κ2) is 7.28. The molecule has 1 nitrogen and oxygen atoms in total. The number of rotatable bonds is 7. The van der Waals surface area contributed by atoms with Gasteiger partial charge in [0.15, 0.2) is 0 Å². The lowest BCUT2D eigenvalue weighted by atomic mass is 9.89. The Morgan fingerprint density at radius 3 is 2.07 bits per heavy atom. The summed E-state index contributed by atoms with van der Waals surface area (Å²) in [7, 11) is 1.84. The van der Waals surface area contributed by atoms with Crippen LogP contribution in [0, 0.1) is 5.41 Å². The molecule has 0 saturated carbocycles. The molecule has 14 heavy (non-hydrogen) atoms. The van der Waals surface area contributed by atoms with Gasteiger partial charge in [-0.1, -0.05) is 47.0 Å². The SMILES string of the molecule is CCCC[C@@H](CCCC(C)(C)C)OC. The van der Waals surface area contributed by atoms with Crippen LogP contribution in [-0.2, 0) is 4.74 Å². The highest BCUT2D eigenvalue weighted by Crippen LogP contribution is 2.23. The molecule has 0 amide bonds. The number of hydrogen-bond acceptors (Lipinski definition) is 1. The predicted molar refractivity (Wildman–Crippen MR) is 63.6 cm³/mol. The highest BCUT2D eigenvalue weighted by atomic mass is 16.5. The van der Waals surface area contributed by atoms with Crippen LogP contribution in [0.1, 0.15) is 66.2 Å². The van der Waals surface area contributed by atoms with Gasteiger partial charge in [-0.3, -0.25) is 0 Å². The molecule has 86 valence electrons. The molecular formula is C13H28O. The van der Waals surface area contributed by atoms with Crippen molar-refractivity contribution in [2.75, 3.05) is 7.11 Å². The van der Waals surface area contributed by atoms with Gasteiger partial charge in [-0.2, -0.15) is 0 Å². The molecule has 0 bridgehead atoms. The molecule has 1 heteroatoms. The van der Waals surface area contributed by atoms with Crippen molar-refractivity contribution in [3.05, 3.63) is 0 Å². The average Bonchev–Trinajstić information content (AvgIpc) is 2.09. The van der Waals surface area contributed by atoms with Crippen molar-refractivity contribution in [2.45, 2.75) is 72.3 Å². The average molecular weight is 200 g/mol. The van der Waals surface area contributed by atoms with Crippen LogP contribution in [0.25, 0.3) is 0 Å². The zero-order valence-corrected chi connectivity index (χ0v) is 10.7. The van der Waals surface area contributed by atoms with Gasteiger partial charge in [0.05, 0.1) is 6.10 Å². The monoisotopic (exact) mass is 200 g/mol. The molecule has 0 aromatic rings. The fraction of sp³-hybridized carbons (Fsp3) is 1.00. The third-order valence-electron chi connectivity index (χ3n) is 2.67. The first-order valence-corrected chi connectivity index (χ1v) is 6.02. The first-order valence-electron chi connectivity index (χ1n) is 6.02. The largest absolute Gasteiger partial charge is 0.381 e. The van der Waals surface area contributed by atoms with Gasteiger partial charge in [0.25, 0.3) is 0 Å². The van der Waals surface area contributed by atoms with Gasteiger partial charge in [-0.15, -0.1) is 0 Å². The van der Waals surface area contributed by atoms with Gasteiger partial charge >= 0.3 is 0 Å². The Hall–Kier alpha value is -0.0400. The second-order valence-corrected chi connectivity index (χ2v) is 5.45. The van der Waals surface area contributed by atoms with Crippen molar-refractivity contribution >= 4 is 0 Å². The van der Waals surface area contributed by atoms with Crippen LogP contribution >= 0.6 is 0 Å². The van der Waals surface area contributed by atoms with Crippen LogP contribution < -0.4 is 0 Å². The van der Waals surface area contributed by atoms with Gasteiger partial charge in [0.1, 0.15) is 0 Å². The number of methoxy groups -OCH3 is 1. The molecule has 0 aliphatic carbocycles. The van der Waals surface area contributed by atoms with E-state index in [2.05, 4.69) is 27.7 Å². The zero-order chi connectivity index (χ0) is 11.0. The maximum Gasteiger partial charge on any atom is 0.0571 e. The van der Waals surface area contributed by atoms with Crippen LogP contribution in [-0.4, -0.2) is 13.2 Å². The molecule has 0 aromatic carbocycles. The van der Waals surface area contributed by atoms with Crippen LogP contribution in [0.15, 0.2) is 0 Å². The lowest BCUT2D eigenvalue weighted by molar-refractivity contribution is 0.0813. The van der Waals surface area contributed by atoms with Crippen molar-refractivity contribution in [3.63, 3.8) is 0 Å². The van der Waals surface area contributed by atoms with Gasteiger partial charge in [0, 0.05) is 7.11 Å². The van der Waals surface area contributed by atoms with Gasteiger partial charge < -0.3 is 4.74 Å². The molecule has 0 fully saturated rings. The quantitative estimate of drug-likeness (QED) is 0.591. The molecule has 0 aromatic heterocycles. The van der Waals surface area contributed by atoms with E-state index in [1.165, 1.54) is 38.5 Å². The molecule has 0 heterocycles. The van der Waals surface area contributed by atoms with Gasteiger partial charge in [-0.25, -0.2) is 0 Å². The van der Waals surface area contributed by atoms with E-state index in [4.69, 9.17) is 4.74 Å². The third-order valence-corrected chi connectivity index (χ3v) is 2.67. The normalized spacial score (nSPS) is 14.4. The Morgan fingerprint density at radius 1 is 1.07 bits per heavy atom. The molecule has 0 unspecified atom stereocenters. The summed E-state index contributed by atoms with van der Waals surface area (Å²) in [6, 6.07) is 0. The van der Waals surface area contributed by atoms with Crippen molar-refractivity contribution in [3.8, 4) is 0 Å². The predicted octanol–water partition coefficient (Wildman–Crippen LogP) is 4.41. The van der Waals surface area contributed by atoms with E-state index in [0.717, 1.165) is 0 Å². The van der Waals surface area contributed by atoms with Crippen LogP contribution in [0.5, 0.6) is 0 Å². The summed E-state index contributed by atoms with van der Waals surface area (Å²) in [5.41, 5.74) is 0.475. The Kier molecular flexibility index (Phi) is 7.26. The van der Waals surface area contributed by atoms with E-state index < -0.39 is 0 Å². The van der Waals surface area contributed by atoms with Crippen LogP contribution in [0.4, 0.5) is 0 Å². The van der Waals surface area contributed by atoms with Gasteiger partial charge in [0.2, 0.25) is 0 Å². The molecule has 0 aliphatic heterocycles. The molecular weight excluding hydrogens is 172 g/mol. The lowest BCUT2D eigenvalue weighted by Gasteiger charge is -2.20. The summed E-state index contributed by atoms with van der Waals surface area (Å²) in [4.78, 5) is 0. The topological polar surface area (TPSA) is 9.23 Å². The van der Waals surface area contributed by atoms with Crippen LogP contribution in [0.2, 0.25) is 0 Å². The van der Waals surface area contributed by atoms with Crippen LogP contribution in [0.3, 0.4) is 0 Å². The highest BCUT2D eigenvalue weighted by Gasteiger charge is 2.12. The van der Waals surface area contributed by atoms with E-state index in [9.17, 15) is 0 Å². The molecule has 0 saturated heterocycles. The first kappa shape index (κ1) is 14.0. The fourth-order valence-electron chi connectivity index (χ4n) is 1.67. The maximum atomic E-state index is 5.47. The van der Waals surface area contributed by atoms with Crippen molar-refractivity contribution in [2.24, 2.45) is 5.41 Å². The summed E-state index contributed by atoms with van der Waals surface area (Å²) in [5.74, 6) is 0. The van der Waals surface area contributed by atoms with E-state index in [0.29, 0.717) is 11.5 Å². The molecule has 0 spiro atoms.